The number of hydrogen-bond acceptors (Lipinski definition) is 2. The average molecular weight is 217 g/mol. The first-order valence-electron chi connectivity index (χ1n) is 5.65. The molecule has 2 heteroatoms. The fourth-order valence-corrected chi connectivity index (χ4v) is 2.01. The molecule has 0 saturated carbocycles. The summed E-state index contributed by atoms with van der Waals surface area (Å²) in [6, 6.07) is 6.39. The normalized spacial score (nSPS) is 12.3. The van der Waals surface area contributed by atoms with E-state index in [-0.39, 0.29) is 5.41 Å². The molecule has 2 aromatic rings. The molecule has 0 aliphatic rings. The topological polar surface area (TPSA) is 39.2 Å². The molecule has 0 radical (unpaired) electrons. The van der Waals surface area contributed by atoms with Crippen LogP contribution in [-0.4, -0.2) is 0 Å². The first kappa shape index (κ1) is 11.2. The first-order chi connectivity index (χ1) is 7.41. The van der Waals surface area contributed by atoms with Crippen molar-refractivity contribution in [2.24, 2.45) is 5.73 Å². The standard InChI is InChI=1S/C14H19NO/c1-9-5-10-7-11(8-15)16-13(10)12(6-9)14(2,3)4/h5-7H,8,15H2,1-4H3. The minimum absolute atomic E-state index is 0.0913. The van der Waals surface area contributed by atoms with Crippen LogP contribution in [0, 0.1) is 6.92 Å². The third-order valence-electron chi connectivity index (χ3n) is 2.82. The lowest BCUT2D eigenvalue weighted by Crippen LogP contribution is -2.11. The van der Waals surface area contributed by atoms with E-state index >= 15 is 0 Å². The molecule has 0 aliphatic heterocycles. The highest BCUT2D eigenvalue weighted by atomic mass is 16.3. The summed E-state index contributed by atoms with van der Waals surface area (Å²) in [4.78, 5) is 0. The molecule has 16 heavy (non-hydrogen) atoms. The van der Waals surface area contributed by atoms with Crippen molar-refractivity contribution in [1.29, 1.82) is 0 Å². The number of hydrogen-bond donors (Lipinski definition) is 1. The van der Waals surface area contributed by atoms with Gasteiger partial charge in [-0.2, -0.15) is 0 Å². The summed E-state index contributed by atoms with van der Waals surface area (Å²) >= 11 is 0. The van der Waals surface area contributed by atoms with Gasteiger partial charge in [0.15, 0.2) is 0 Å². The molecule has 2 N–H and O–H groups in total. The van der Waals surface area contributed by atoms with Crippen molar-refractivity contribution >= 4 is 11.0 Å². The van der Waals surface area contributed by atoms with E-state index < -0.39 is 0 Å². The zero-order valence-electron chi connectivity index (χ0n) is 10.4. The molecule has 2 nitrogen and oxygen atoms in total. The Labute approximate surface area is 96.4 Å². The Morgan fingerprint density at radius 2 is 1.88 bits per heavy atom. The van der Waals surface area contributed by atoms with Crippen LogP contribution in [0.1, 0.15) is 37.7 Å². The Hall–Kier alpha value is -1.28. The third kappa shape index (κ3) is 1.85. The largest absolute Gasteiger partial charge is 0.459 e. The van der Waals surface area contributed by atoms with Gasteiger partial charge in [-0.05, 0) is 30.0 Å². The van der Waals surface area contributed by atoms with Gasteiger partial charge >= 0.3 is 0 Å². The molecular formula is C14H19NO. The lowest BCUT2D eigenvalue weighted by Gasteiger charge is -2.19. The minimum atomic E-state index is 0.0913. The van der Waals surface area contributed by atoms with E-state index in [1.54, 1.807) is 0 Å². The fourth-order valence-electron chi connectivity index (χ4n) is 2.01. The van der Waals surface area contributed by atoms with Gasteiger partial charge in [0.25, 0.3) is 0 Å². The Balaban J connectivity index is 2.76. The van der Waals surface area contributed by atoms with Crippen molar-refractivity contribution in [2.75, 3.05) is 0 Å². The Bertz CT molecular complexity index is 517. The molecule has 1 aromatic carbocycles. The lowest BCUT2D eigenvalue weighted by atomic mass is 9.85. The van der Waals surface area contributed by atoms with Gasteiger partial charge in [-0.3, -0.25) is 0 Å². The van der Waals surface area contributed by atoms with E-state index in [4.69, 9.17) is 10.2 Å². The second-order valence-corrected chi connectivity index (χ2v) is 5.40. The van der Waals surface area contributed by atoms with E-state index in [0.29, 0.717) is 6.54 Å². The average Bonchev–Trinajstić information content (AvgIpc) is 2.57. The fraction of sp³-hybridized carbons (Fsp3) is 0.429. The Kier molecular flexibility index (Phi) is 2.55. The van der Waals surface area contributed by atoms with Gasteiger partial charge in [0.1, 0.15) is 11.3 Å². The van der Waals surface area contributed by atoms with Crippen molar-refractivity contribution in [3.8, 4) is 0 Å². The van der Waals surface area contributed by atoms with E-state index in [1.807, 2.05) is 6.07 Å². The summed E-state index contributed by atoms with van der Waals surface area (Å²) < 4.78 is 5.80. The number of aryl methyl sites for hydroxylation is 1. The predicted octanol–water partition coefficient (Wildman–Crippen LogP) is 3.50. The number of nitrogens with two attached hydrogens (primary N) is 1. The van der Waals surface area contributed by atoms with Crippen molar-refractivity contribution in [3.63, 3.8) is 0 Å². The van der Waals surface area contributed by atoms with E-state index in [2.05, 4.69) is 39.8 Å². The summed E-state index contributed by atoms with van der Waals surface area (Å²) in [6.07, 6.45) is 0. The molecule has 0 amide bonds. The van der Waals surface area contributed by atoms with Crippen molar-refractivity contribution in [1.82, 2.24) is 0 Å². The van der Waals surface area contributed by atoms with Crippen LogP contribution in [0.15, 0.2) is 22.6 Å². The molecule has 0 unspecified atom stereocenters. The van der Waals surface area contributed by atoms with Crippen LogP contribution >= 0.6 is 0 Å². The van der Waals surface area contributed by atoms with Crippen LogP contribution in [0.2, 0.25) is 0 Å². The molecule has 1 aromatic heterocycles. The molecule has 1 heterocycles. The molecule has 0 bridgehead atoms. The Morgan fingerprint density at radius 3 is 2.44 bits per heavy atom. The van der Waals surface area contributed by atoms with Crippen LogP contribution in [0.4, 0.5) is 0 Å². The van der Waals surface area contributed by atoms with Crippen molar-refractivity contribution < 1.29 is 4.42 Å². The van der Waals surface area contributed by atoms with Gasteiger partial charge in [0, 0.05) is 10.9 Å². The maximum atomic E-state index is 5.80. The maximum absolute atomic E-state index is 5.80. The van der Waals surface area contributed by atoms with Gasteiger partial charge in [-0.25, -0.2) is 0 Å². The van der Waals surface area contributed by atoms with Gasteiger partial charge in [-0.1, -0.05) is 26.8 Å². The molecule has 0 spiro atoms. The molecule has 2 rings (SSSR count). The van der Waals surface area contributed by atoms with E-state index in [9.17, 15) is 0 Å². The molecular weight excluding hydrogens is 198 g/mol. The predicted molar refractivity (Wildman–Crippen MR) is 67.5 cm³/mol. The molecule has 0 saturated heterocycles. The maximum Gasteiger partial charge on any atom is 0.138 e. The summed E-state index contributed by atoms with van der Waals surface area (Å²) in [7, 11) is 0. The van der Waals surface area contributed by atoms with Crippen LogP contribution < -0.4 is 5.73 Å². The summed E-state index contributed by atoms with van der Waals surface area (Å²) in [5.74, 6) is 0.853. The third-order valence-corrected chi connectivity index (χ3v) is 2.82. The summed E-state index contributed by atoms with van der Waals surface area (Å²) in [5, 5.41) is 1.16. The summed E-state index contributed by atoms with van der Waals surface area (Å²) in [5.41, 5.74) is 9.21. The number of benzene rings is 1. The van der Waals surface area contributed by atoms with Gasteiger partial charge in [0.05, 0.1) is 6.54 Å². The summed E-state index contributed by atoms with van der Waals surface area (Å²) in [6.45, 7) is 9.17. The second kappa shape index (κ2) is 3.63. The SMILES string of the molecule is Cc1cc(C(C)(C)C)c2oc(CN)cc2c1. The first-order valence-corrected chi connectivity index (χ1v) is 5.65. The highest BCUT2D eigenvalue weighted by Crippen LogP contribution is 2.33. The van der Waals surface area contributed by atoms with Gasteiger partial charge in [0.2, 0.25) is 0 Å². The monoisotopic (exact) mass is 217 g/mol. The highest BCUT2D eigenvalue weighted by Gasteiger charge is 2.20. The van der Waals surface area contributed by atoms with Crippen LogP contribution in [0.25, 0.3) is 11.0 Å². The quantitative estimate of drug-likeness (QED) is 0.794. The van der Waals surface area contributed by atoms with Crippen molar-refractivity contribution in [3.05, 3.63) is 35.1 Å². The number of rotatable bonds is 1. The van der Waals surface area contributed by atoms with Crippen molar-refractivity contribution in [2.45, 2.75) is 39.7 Å². The zero-order valence-corrected chi connectivity index (χ0v) is 10.4. The van der Waals surface area contributed by atoms with Crippen LogP contribution in [-0.2, 0) is 12.0 Å². The van der Waals surface area contributed by atoms with Gasteiger partial charge < -0.3 is 10.2 Å². The van der Waals surface area contributed by atoms with E-state index in [1.165, 1.54) is 11.1 Å². The van der Waals surface area contributed by atoms with Crippen LogP contribution in [0.3, 0.4) is 0 Å². The lowest BCUT2D eigenvalue weighted by molar-refractivity contribution is 0.527. The second-order valence-electron chi connectivity index (χ2n) is 5.40. The molecule has 0 fully saturated rings. The number of fused-ring (bicyclic) bond motifs is 1. The Morgan fingerprint density at radius 1 is 1.19 bits per heavy atom. The van der Waals surface area contributed by atoms with Crippen LogP contribution in [0.5, 0.6) is 0 Å². The zero-order chi connectivity index (χ0) is 11.9. The molecule has 0 atom stereocenters. The smallest absolute Gasteiger partial charge is 0.138 e. The molecule has 86 valence electrons. The highest BCUT2D eigenvalue weighted by molar-refractivity contribution is 5.83. The number of furan rings is 1. The minimum Gasteiger partial charge on any atom is -0.459 e. The molecule has 0 aliphatic carbocycles. The van der Waals surface area contributed by atoms with E-state index in [0.717, 1.165) is 16.7 Å². The van der Waals surface area contributed by atoms with Gasteiger partial charge in [-0.15, -0.1) is 0 Å².